The summed E-state index contributed by atoms with van der Waals surface area (Å²) in [5, 5.41) is 4.39. The van der Waals surface area contributed by atoms with Gasteiger partial charge in [0.05, 0.1) is 6.20 Å². The second-order valence-electron chi connectivity index (χ2n) is 5.13. The third-order valence-electron chi connectivity index (χ3n) is 4.02. The van der Waals surface area contributed by atoms with E-state index in [1.165, 1.54) is 37.2 Å². The topological polar surface area (TPSA) is 47.1 Å². The van der Waals surface area contributed by atoms with Crippen LogP contribution in [0.3, 0.4) is 0 Å². The van der Waals surface area contributed by atoms with Crippen molar-refractivity contribution in [3.8, 4) is 0 Å². The zero-order valence-electron chi connectivity index (χ0n) is 9.89. The van der Waals surface area contributed by atoms with Crippen molar-refractivity contribution < 1.29 is 0 Å². The molecule has 0 bridgehead atoms. The van der Waals surface area contributed by atoms with E-state index in [-0.39, 0.29) is 0 Å². The summed E-state index contributed by atoms with van der Waals surface area (Å²) in [5.74, 6) is 0. The molecule has 88 valence electrons. The van der Waals surface area contributed by atoms with Crippen LogP contribution in [0.5, 0.6) is 0 Å². The summed E-state index contributed by atoms with van der Waals surface area (Å²) < 4.78 is 2.00. The molecule has 1 aliphatic heterocycles. The molecule has 2 heterocycles. The fourth-order valence-corrected chi connectivity index (χ4v) is 3.15. The van der Waals surface area contributed by atoms with Crippen molar-refractivity contribution in [2.45, 2.75) is 37.8 Å². The van der Waals surface area contributed by atoms with Gasteiger partial charge in [-0.05, 0) is 32.4 Å². The third-order valence-corrected chi connectivity index (χ3v) is 4.02. The molecule has 2 N–H and O–H groups in total. The van der Waals surface area contributed by atoms with Gasteiger partial charge in [0.1, 0.15) is 0 Å². The number of nitrogens with two attached hydrogens (primary N) is 1. The van der Waals surface area contributed by atoms with Crippen molar-refractivity contribution in [3.63, 3.8) is 0 Å². The highest BCUT2D eigenvalue weighted by Crippen LogP contribution is 2.35. The molecule has 3 rings (SSSR count). The molecule has 4 nitrogen and oxygen atoms in total. The molecule has 0 amide bonds. The van der Waals surface area contributed by atoms with Crippen molar-refractivity contribution in [1.82, 2.24) is 14.7 Å². The lowest BCUT2D eigenvalue weighted by molar-refractivity contribution is 0.211. The molecule has 16 heavy (non-hydrogen) atoms. The molecule has 2 atom stereocenters. The quantitative estimate of drug-likeness (QED) is 0.762. The zero-order valence-corrected chi connectivity index (χ0v) is 9.89. The number of fused-ring (bicyclic) bond motifs is 1. The van der Waals surface area contributed by atoms with Gasteiger partial charge < -0.3 is 5.73 Å². The lowest BCUT2D eigenvalue weighted by Crippen LogP contribution is -2.38. The number of hydrogen-bond acceptors (Lipinski definition) is 3. The van der Waals surface area contributed by atoms with Crippen molar-refractivity contribution in [2.24, 2.45) is 12.8 Å². The smallest absolute Gasteiger partial charge is 0.0540 e. The van der Waals surface area contributed by atoms with Gasteiger partial charge in [-0.3, -0.25) is 9.58 Å². The summed E-state index contributed by atoms with van der Waals surface area (Å²) in [5.41, 5.74) is 8.93. The molecule has 4 heteroatoms. The van der Waals surface area contributed by atoms with Gasteiger partial charge in [0.15, 0.2) is 0 Å². The Labute approximate surface area is 96.4 Å². The summed E-state index contributed by atoms with van der Waals surface area (Å²) in [6.45, 7) is 2.46. The number of aromatic nitrogens is 2. The van der Waals surface area contributed by atoms with Crippen molar-refractivity contribution in [1.29, 1.82) is 0 Å². The van der Waals surface area contributed by atoms with Gasteiger partial charge in [-0.25, -0.2) is 0 Å². The molecule has 1 fully saturated rings. The van der Waals surface area contributed by atoms with Crippen molar-refractivity contribution in [3.05, 3.63) is 17.5 Å². The van der Waals surface area contributed by atoms with E-state index in [2.05, 4.69) is 10.00 Å². The predicted molar refractivity (Wildman–Crippen MR) is 63.1 cm³/mol. The average Bonchev–Trinajstić information content (AvgIpc) is 2.88. The van der Waals surface area contributed by atoms with Gasteiger partial charge in [0.25, 0.3) is 0 Å². The molecule has 0 radical (unpaired) electrons. The van der Waals surface area contributed by atoms with E-state index in [0.29, 0.717) is 12.1 Å². The summed E-state index contributed by atoms with van der Waals surface area (Å²) in [6.07, 6.45) is 6.79. The van der Waals surface area contributed by atoms with Gasteiger partial charge in [-0.2, -0.15) is 5.10 Å². The molecule has 1 aliphatic carbocycles. The molecule has 1 aromatic heterocycles. The molecule has 0 spiro atoms. The summed E-state index contributed by atoms with van der Waals surface area (Å²) in [4.78, 5) is 2.58. The summed E-state index contributed by atoms with van der Waals surface area (Å²) in [6, 6.07) is 0.823. The first kappa shape index (κ1) is 10.3. The van der Waals surface area contributed by atoms with Gasteiger partial charge in [0, 0.05) is 36.8 Å². The molecule has 0 aromatic carbocycles. The predicted octanol–water partition coefficient (Wildman–Crippen LogP) is 0.830. The molecule has 1 saturated heterocycles. The van der Waals surface area contributed by atoms with Gasteiger partial charge >= 0.3 is 0 Å². The Morgan fingerprint density at radius 3 is 2.88 bits per heavy atom. The molecular formula is C12H20N4. The normalized spacial score (nSPS) is 30.6. The van der Waals surface area contributed by atoms with E-state index in [0.717, 1.165) is 12.8 Å². The van der Waals surface area contributed by atoms with Crippen LogP contribution < -0.4 is 5.73 Å². The Morgan fingerprint density at radius 1 is 1.38 bits per heavy atom. The maximum Gasteiger partial charge on any atom is 0.0540 e. The van der Waals surface area contributed by atoms with E-state index in [1.54, 1.807) is 0 Å². The van der Waals surface area contributed by atoms with E-state index < -0.39 is 0 Å². The standard InChI is InChI=1S/C12H20N4/c1-15-11-6-9(13)7-12(10(11)8-14-15)16-4-2-3-5-16/h8-9,12H,2-7,13H2,1H3. The average molecular weight is 220 g/mol. The number of hydrogen-bond donors (Lipinski definition) is 1. The lowest BCUT2D eigenvalue weighted by atomic mass is 9.88. The van der Waals surface area contributed by atoms with E-state index in [4.69, 9.17) is 5.73 Å². The van der Waals surface area contributed by atoms with Gasteiger partial charge in [0.2, 0.25) is 0 Å². The second kappa shape index (κ2) is 3.86. The molecule has 2 aliphatic rings. The van der Waals surface area contributed by atoms with Crippen LogP contribution in [-0.4, -0.2) is 33.8 Å². The number of aryl methyl sites for hydroxylation is 1. The monoisotopic (exact) mass is 220 g/mol. The SMILES string of the molecule is Cn1ncc2c1CC(N)CC2N1CCCC1. The Balaban J connectivity index is 1.94. The highest BCUT2D eigenvalue weighted by atomic mass is 15.3. The van der Waals surface area contributed by atoms with Crippen LogP contribution in [0.4, 0.5) is 0 Å². The minimum Gasteiger partial charge on any atom is -0.327 e. The Morgan fingerprint density at radius 2 is 2.12 bits per heavy atom. The first-order valence-corrected chi connectivity index (χ1v) is 6.26. The van der Waals surface area contributed by atoms with Gasteiger partial charge in [-0.15, -0.1) is 0 Å². The third kappa shape index (κ3) is 1.57. The van der Waals surface area contributed by atoms with Crippen LogP contribution in [0.25, 0.3) is 0 Å². The van der Waals surface area contributed by atoms with Crippen LogP contribution >= 0.6 is 0 Å². The minimum atomic E-state index is 0.300. The van der Waals surface area contributed by atoms with Gasteiger partial charge in [-0.1, -0.05) is 0 Å². The lowest BCUT2D eigenvalue weighted by Gasteiger charge is -2.33. The highest BCUT2D eigenvalue weighted by molar-refractivity contribution is 5.26. The second-order valence-corrected chi connectivity index (χ2v) is 5.13. The number of nitrogens with zero attached hydrogens (tertiary/aromatic N) is 3. The molecule has 2 unspecified atom stereocenters. The number of likely N-dealkylation sites (tertiary alicyclic amines) is 1. The Kier molecular flexibility index (Phi) is 2.48. The molecular weight excluding hydrogens is 200 g/mol. The fraction of sp³-hybridized carbons (Fsp3) is 0.750. The fourth-order valence-electron chi connectivity index (χ4n) is 3.15. The molecule has 0 saturated carbocycles. The van der Waals surface area contributed by atoms with Crippen LogP contribution in [0.2, 0.25) is 0 Å². The first-order valence-electron chi connectivity index (χ1n) is 6.26. The maximum absolute atomic E-state index is 6.17. The largest absolute Gasteiger partial charge is 0.327 e. The maximum atomic E-state index is 6.17. The first-order chi connectivity index (χ1) is 7.75. The van der Waals surface area contributed by atoms with Crippen LogP contribution in [0.15, 0.2) is 6.20 Å². The highest BCUT2D eigenvalue weighted by Gasteiger charge is 2.32. The van der Waals surface area contributed by atoms with E-state index >= 15 is 0 Å². The summed E-state index contributed by atoms with van der Waals surface area (Å²) >= 11 is 0. The Hall–Kier alpha value is -0.870. The van der Waals surface area contributed by atoms with Crippen LogP contribution in [0, 0.1) is 0 Å². The molecule has 1 aromatic rings. The van der Waals surface area contributed by atoms with Crippen molar-refractivity contribution in [2.75, 3.05) is 13.1 Å². The zero-order chi connectivity index (χ0) is 11.1. The Bertz CT molecular complexity index is 378. The van der Waals surface area contributed by atoms with Crippen LogP contribution in [-0.2, 0) is 13.5 Å². The minimum absolute atomic E-state index is 0.300. The van der Waals surface area contributed by atoms with Crippen LogP contribution in [0.1, 0.15) is 36.6 Å². The summed E-state index contributed by atoms with van der Waals surface area (Å²) in [7, 11) is 2.03. The van der Waals surface area contributed by atoms with E-state index in [1.807, 2.05) is 17.9 Å². The number of rotatable bonds is 1. The van der Waals surface area contributed by atoms with E-state index in [9.17, 15) is 0 Å². The van der Waals surface area contributed by atoms with Crippen molar-refractivity contribution >= 4 is 0 Å².